The molecule has 1 aromatic heterocycles. The summed E-state index contributed by atoms with van der Waals surface area (Å²) in [6, 6.07) is 5.53. The van der Waals surface area contributed by atoms with Gasteiger partial charge in [-0.25, -0.2) is 13.2 Å². The summed E-state index contributed by atoms with van der Waals surface area (Å²) < 4.78 is 31.9. The number of hydrogen-bond acceptors (Lipinski definition) is 7. The van der Waals surface area contributed by atoms with E-state index in [1.807, 2.05) is 0 Å². The third-order valence-corrected chi connectivity index (χ3v) is 8.52. The molecule has 1 N–H and O–H groups in total. The number of fused-ring (bicyclic) bond motifs is 1. The molecule has 0 atom stereocenters. The zero-order valence-electron chi connectivity index (χ0n) is 19.6. The first-order chi connectivity index (χ1) is 16.6. The van der Waals surface area contributed by atoms with Crippen molar-refractivity contribution >= 4 is 44.1 Å². The van der Waals surface area contributed by atoms with Crippen molar-refractivity contribution in [3.63, 3.8) is 0 Å². The van der Waals surface area contributed by atoms with Crippen LogP contribution in [0.25, 0.3) is 0 Å². The normalized spacial score (nSPS) is 13.2. The van der Waals surface area contributed by atoms with Crippen molar-refractivity contribution in [3.8, 4) is 0 Å². The van der Waals surface area contributed by atoms with Gasteiger partial charge in [-0.3, -0.25) is 9.59 Å². The fourth-order valence-corrected chi connectivity index (χ4v) is 6.37. The van der Waals surface area contributed by atoms with Crippen LogP contribution >= 0.6 is 11.3 Å². The van der Waals surface area contributed by atoms with E-state index in [1.54, 1.807) is 4.90 Å². The van der Waals surface area contributed by atoms with Gasteiger partial charge in [-0.2, -0.15) is 4.31 Å². The molecule has 35 heavy (non-hydrogen) atoms. The topological polar surface area (TPSA) is 113 Å². The first-order valence-electron chi connectivity index (χ1n) is 10.8. The van der Waals surface area contributed by atoms with Crippen molar-refractivity contribution in [2.45, 2.75) is 24.8 Å². The number of hydrogen-bond donors (Lipinski definition) is 1. The van der Waals surface area contributed by atoms with Crippen molar-refractivity contribution in [3.05, 3.63) is 71.1 Å². The molecule has 2 heterocycles. The van der Waals surface area contributed by atoms with E-state index < -0.39 is 21.9 Å². The van der Waals surface area contributed by atoms with Gasteiger partial charge < -0.3 is 15.0 Å². The number of nitrogens with zero attached hydrogens (tertiary/aromatic N) is 2. The lowest BCUT2D eigenvalue weighted by atomic mass is 10.0. The molecule has 1 aliphatic rings. The van der Waals surface area contributed by atoms with Crippen LogP contribution in [0.3, 0.4) is 0 Å². The van der Waals surface area contributed by atoms with Gasteiger partial charge in [-0.1, -0.05) is 12.2 Å². The van der Waals surface area contributed by atoms with Gasteiger partial charge in [-0.15, -0.1) is 24.5 Å². The number of sulfonamides is 1. The van der Waals surface area contributed by atoms with Crippen LogP contribution in [0, 0.1) is 0 Å². The molecule has 0 radical (unpaired) electrons. The number of esters is 1. The summed E-state index contributed by atoms with van der Waals surface area (Å²) in [5.74, 6) is -1.14. The molecule has 3 rings (SSSR count). The van der Waals surface area contributed by atoms with Crippen LogP contribution in [0.2, 0.25) is 0 Å². The number of benzene rings is 1. The quantitative estimate of drug-likeness (QED) is 0.404. The van der Waals surface area contributed by atoms with E-state index in [0.29, 0.717) is 24.5 Å². The van der Waals surface area contributed by atoms with E-state index in [1.165, 1.54) is 66.1 Å². The zero-order valence-corrected chi connectivity index (χ0v) is 21.2. The van der Waals surface area contributed by atoms with Gasteiger partial charge in [0.05, 0.1) is 24.1 Å². The first kappa shape index (κ1) is 26.3. The summed E-state index contributed by atoms with van der Waals surface area (Å²) in [4.78, 5) is 39.7. The molecule has 0 saturated carbocycles. The molecule has 1 aromatic carbocycles. The molecular weight excluding hydrogens is 490 g/mol. The Morgan fingerprint density at radius 1 is 1.17 bits per heavy atom. The highest BCUT2D eigenvalue weighted by atomic mass is 32.2. The summed E-state index contributed by atoms with van der Waals surface area (Å²) in [7, 11) is -2.53. The zero-order chi connectivity index (χ0) is 25.8. The Labute approximate surface area is 208 Å². The molecule has 0 unspecified atom stereocenters. The molecule has 1 aliphatic heterocycles. The second-order valence-corrected chi connectivity index (χ2v) is 10.8. The lowest BCUT2D eigenvalue weighted by Gasteiger charge is -2.25. The Morgan fingerprint density at radius 3 is 2.34 bits per heavy atom. The Hall–Kier alpha value is -3.28. The van der Waals surface area contributed by atoms with E-state index in [2.05, 4.69) is 18.5 Å². The molecule has 0 fully saturated rings. The third kappa shape index (κ3) is 5.53. The summed E-state index contributed by atoms with van der Waals surface area (Å²) >= 11 is 1.22. The predicted octanol–water partition coefficient (Wildman–Crippen LogP) is 3.05. The largest absolute Gasteiger partial charge is 0.465 e. The van der Waals surface area contributed by atoms with Crippen molar-refractivity contribution in [2.24, 2.45) is 0 Å². The SMILES string of the molecule is C=CCN(CC=C)S(=O)(=O)c1ccc(C(=O)Nc2sc3c(c2C(=O)OC)CCN(C(C)=O)C3)cc1. The van der Waals surface area contributed by atoms with Crippen LogP contribution < -0.4 is 5.32 Å². The van der Waals surface area contributed by atoms with Gasteiger partial charge in [0.15, 0.2) is 0 Å². The maximum absolute atomic E-state index is 13.0. The van der Waals surface area contributed by atoms with Crippen LogP contribution in [-0.4, -0.2) is 62.2 Å². The highest BCUT2D eigenvalue weighted by Gasteiger charge is 2.30. The predicted molar refractivity (Wildman–Crippen MR) is 134 cm³/mol. The summed E-state index contributed by atoms with van der Waals surface area (Å²) in [5, 5.41) is 3.08. The van der Waals surface area contributed by atoms with Crippen LogP contribution in [-0.2, 0) is 32.5 Å². The standard InChI is InChI=1S/C24H27N3O6S2/c1-5-12-27(13-6-2)35(31,32)18-9-7-17(8-10-18)22(29)25-23-21(24(30)33-4)19-11-14-26(16(3)28)15-20(19)34-23/h5-10H,1-2,11-15H2,3-4H3,(H,25,29). The van der Waals surface area contributed by atoms with Gasteiger partial charge in [0, 0.05) is 37.0 Å². The lowest BCUT2D eigenvalue weighted by Crippen LogP contribution is -2.33. The average Bonchev–Trinajstić information content (AvgIpc) is 3.20. The maximum atomic E-state index is 13.0. The first-order valence-corrected chi connectivity index (χ1v) is 13.0. The van der Waals surface area contributed by atoms with E-state index in [9.17, 15) is 22.8 Å². The van der Waals surface area contributed by atoms with E-state index >= 15 is 0 Å². The monoisotopic (exact) mass is 517 g/mol. The van der Waals surface area contributed by atoms with Crippen molar-refractivity contribution in [1.29, 1.82) is 0 Å². The highest BCUT2D eigenvalue weighted by molar-refractivity contribution is 7.89. The molecule has 0 saturated heterocycles. The number of thiophene rings is 1. The summed E-state index contributed by atoms with van der Waals surface area (Å²) in [6.45, 7) is 9.73. The summed E-state index contributed by atoms with van der Waals surface area (Å²) in [5.41, 5.74) is 1.27. The molecule has 0 bridgehead atoms. The van der Waals surface area contributed by atoms with Gasteiger partial charge in [-0.05, 0) is 36.2 Å². The van der Waals surface area contributed by atoms with Gasteiger partial charge >= 0.3 is 5.97 Å². The molecule has 2 aromatic rings. The van der Waals surface area contributed by atoms with Crippen molar-refractivity contribution in [2.75, 3.05) is 32.1 Å². The van der Waals surface area contributed by atoms with E-state index in [-0.39, 0.29) is 35.0 Å². The Morgan fingerprint density at radius 2 is 1.80 bits per heavy atom. The van der Waals surface area contributed by atoms with E-state index in [4.69, 9.17) is 4.74 Å². The second-order valence-electron chi connectivity index (χ2n) is 7.77. The van der Waals surface area contributed by atoms with Crippen molar-refractivity contribution in [1.82, 2.24) is 9.21 Å². The number of methoxy groups -OCH3 is 1. The minimum atomic E-state index is -3.79. The number of amides is 2. The minimum Gasteiger partial charge on any atom is -0.465 e. The minimum absolute atomic E-state index is 0.0314. The second kappa shape index (κ2) is 11.0. The number of nitrogens with one attached hydrogen (secondary N) is 1. The summed E-state index contributed by atoms with van der Waals surface area (Å²) in [6.07, 6.45) is 3.44. The number of carbonyl (C=O) groups is 3. The van der Waals surface area contributed by atoms with E-state index in [0.717, 1.165) is 10.4 Å². The number of anilines is 1. The Kier molecular flexibility index (Phi) is 8.26. The Balaban J connectivity index is 1.86. The number of ether oxygens (including phenoxy) is 1. The van der Waals surface area contributed by atoms with Crippen molar-refractivity contribution < 1.29 is 27.5 Å². The molecule has 186 valence electrons. The van der Waals surface area contributed by atoms with Crippen LogP contribution in [0.4, 0.5) is 5.00 Å². The average molecular weight is 518 g/mol. The highest BCUT2D eigenvalue weighted by Crippen LogP contribution is 2.38. The molecule has 0 spiro atoms. The van der Waals surface area contributed by atoms with Crippen LogP contribution in [0.15, 0.2) is 54.5 Å². The van der Waals surface area contributed by atoms with Crippen LogP contribution in [0.1, 0.15) is 38.1 Å². The van der Waals surface area contributed by atoms with Crippen LogP contribution in [0.5, 0.6) is 0 Å². The maximum Gasteiger partial charge on any atom is 0.341 e. The van der Waals surface area contributed by atoms with Gasteiger partial charge in [0.2, 0.25) is 15.9 Å². The molecular formula is C24H27N3O6S2. The smallest absolute Gasteiger partial charge is 0.341 e. The molecule has 11 heteroatoms. The lowest BCUT2D eigenvalue weighted by molar-refractivity contribution is -0.129. The Bertz CT molecular complexity index is 1250. The molecule has 0 aliphatic carbocycles. The number of carbonyl (C=O) groups excluding carboxylic acids is 3. The molecule has 2 amide bonds. The fourth-order valence-electron chi connectivity index (χ4n) is 3.74. The fraction of sp³-hybridized carbons (Fsp3) is 0.292. The molecule has 9 nitrogen and oxygen atoms in total. The third-order valence-electron chi connectivity index (χ3n) is 5.54. The van der Waals surface area contributed by atoms with Gasteiger partial charge in [0.25, 0.3) is 5.91 Å². The number of rotatable bonds is 9. The van der Waals surface area contributed by atoms with Gasteiger partial charge in [0.1, 0.15) is 5.00 Å².